The van der Waals surface area contributed by atoms with E-state index in [-0.39, 0.29) is 41.9 Å². The molecule has 3 aromatic rings. The number of carbonyl (C=O) groups is 1. The van der Waals surface area contributed by atoms with Gasteiger partial charge in [-0.1, -0.05) is 55.5 Å². The normalized spacial score (nSPS) is 19.8. The molecular formula is C28H32FN3O5S. The number of para-hydroxylation sites is 1. The van der Waals surface area contributed by atoms with Gasteiger partial charge >= 0.3 is 6.03 Å². The number of rotatable bonds is 6. The van der Waals surface area contributed by atoms with Crippen LogP contribution in [0.4, 0.5) is 14.9 Å². The van der Waals surface area contributed by atoms with Gasteiger partial charge in [0.15, 0.2) is 0 Å². The maximum atomic E-state index is 14.1. The van der Waals surface area contributed by atoms with E-state index in [1.165, 1.54) is 33.5 Å². The number of amides is 2. The van der Waals surface area contributed by atoms with Crippen LogP contribution in [0.15, 0.2) is 77.7 Å². The van der Waals surface area contributed by atoms with Gasteiger partial charge in [0.25, 0.3) is 0 Å². The van der Waals surface area contributed by atoms with Gasteiger partial charge in [0, 0.05) is 25.6 Å². The van der Waals surface area contributed by atoms with Crippen molar-refractivity contribution in [3.8, 4) is 16.9 Å². The predicted molar refractivity (Wildman–Crippen MR) is 144 cm³/mol. The van der Waals surface area contributed by atoms with Gasteiger partial charge in [-0.3, -0.25) is 0 Å². The van der Waals surface area contributed by atoms with Crippen LogP contribution in [-0.2, 0) is 10.0 Å². The first kappa shape index (κ1) is 27.6. The second-order valence-electron chi connectivity index (χ2n) is 9.56. The number of aliphatic hydroxyl groups is 1. The maximum absolute atomic E-state index is 14.1. The number of hydrogen-bond acceptors (Lipinski definition) is 5. The Morgan fingerprint density at radius 2 is 1.82 bits per heavy atom. The first-order valence-corrected chi connectivity index (χ1v) is 13.8. The highest BCUT2D eigenvalue weighted by atomic mass is 32.2. The quantitative estimate of drug-likeness (QED) is 0.481. The molecule has 1 aliphatic rings. The summed E-state index contributed by atoms with van der Waals surface area (Å²) in [4.78, 5) is 14.2. The monoisotopic (exact) mass is 541 g/mol. The number of nitrogens with one attached hydrogen (secondary N) is 1. The van der Waals surface area contributed by atoms with Gasteiger partial charge in [-0.25, -0.2) is 17.6 Å². The predicted octanol–water partition coefficient (Wildman–Crippen LogP) is 4.43. The molecule has 0 saturated carbocycles. The van der Waals surface area contributed by atoms with E-state index in [0.717, 1.165) is 11.1 Å². The Balaban J connectivity index is 1.69. The van der Waals surface area contributed by atoms with Gasteiger partial charge < -0.3 is 20.1 Å². The molecule has 2 N–H and O–H groups in total. The number of sulfonamides is 1. The summed E-state index contributed by atoms with van der Waals surface area (Å²) in [5, 5.41) is 12.4. The van der Waals surface area contributed by atoms with Crippen LogP contribution in [0.5, 0.6) is 5.75 Å². The molecule has 4 rings (SSSR count). The van der Waals surface area contributed by atoms with Crippen molar-refractivity contribution in [1.82, 2.24) is 9.21 Å². The van der Waals surface area contributed by atoms with Crippen molar-refractivity contribution in [2.24, 2.45) is 5.92 Å². The van der Waals surface area contributed by atoms with Crippen molar-refractivity contribution < 1.29 is 27.4 Å². The summed E-state index contributed by atoms with van der Waals surface area (Å²) in [6, 6.07) is 19.1. The third kappa shape index (κ3) is 5.82. The smallest absolute Gasteiger partial charge is 0.321 e. The van der Waals surface area contributed by atoms with Crippen molar-refractivity contribution in [3.63, 3.8) is 0 Å². The first-order chi connectivity index (χ1) is 18.1. The zero-order valence-corrected chi connectivity index (χ0v) is 22.4. The van der Waals surface area contributed by atoms with E-state index in [9.17, 15) is 22.7 Å². The molecule has 0 aromatic heterocycles. The molecule has 1 heterocycles. The Bertz CT molecular complexity index is 1390. The van der Waals surface area contributed by atoms with Crippen molar-refractivity contribution in [3.05, 3.63) is 78.6 Å². The minimum atomic E-state index is -3.99. The number of carbonyl (C=O) groups excluding carboxylic acids is 1. The molecule has 8 nitrogen and oxygen atoms in total. The van der Waals surface area contributed by atoms with Crippen LogP contribution >= 0.6 is 0 Å². The van der Waals surface area contributed by atoms with E-state index >= 15 is 0 Å². The minimum Gasteiger partial charge on any atom is -0.487 e. The van der Waals surface area contributed by atoms with E-state index < -0.39 is 34.0 Å². The van der Waals surface area contributed by atoms with Gasteiger partial charge in [0.1, 0.15) is 22.6 Å². The molecule has 0 saturated heterocycles. The number of ether oxygens (including phenoxy) is 1. The van der Waals surface area contributed by atoms with Crippen LogP contribution in [-0.4, -0.2) is 67.7 Å². The van der Waals surface area contributed by atoms with E-state index in [1.807, 2.05) is 37.3 Å². The van der Waals surface area contributed by atoms with Gasteiger partial charge in [0.2, 0.25) is 10.0 Å². The Hall–Kier alpha value is -3.47. The molecule has 3 aromatic carbocycles. The lowest BCUT2D eigenvalue weighted by molar-refractivity contribution is 0.0830. The highest BCUT2D eigenvalue weighted by molar-refractivity contribution is 7.89. The van der Waals surface area contributed by atoms with Gasteiger partial charge in [-0.05, 0) is 42.3 Å². The molecular weight excluding hydrogens is 509 g/mol. The fourth-order valence-corrected chi connectivity index (χ4v) is 6.21. The molecule has 10 heteroatoms. The van der Waals surface area contributed by atoms with E-state index in [2.05, 4.69) is 5.32 Å². The van der Waals surface area contributed by atoms with E-state index in [1.54, 1.807) is 32.2 Å². The molecule has 0 spiro atoms. The molecule has 1 aliphatic heterocycles. The lowest BCUT2D eigenvalue weighted by Gasteiger charge is -2.37. The van der Waals surface area contributed by atoms with Crippen molar-refractivity contribution in [1.29, 1.82) is 0 Å². The maximum Gasteiger partial charge on any atom is 0.321 e. The Labute approximate surface area is 222 Å². The summed E-state index contributed by atoms with van der Waals surface area (Å²) in [5.74, 6) is -0.733. The van der Waals surface area contributed by atoms with Crippen LogP contribution in [0, 0.1) is 11.7 Å². The molecule has 0 bridgehead atoms. The van der Waals surface area contributed by atoms with Gasteiger partial charge in [0.05, 0.1) is 18.8 Å². The summed E-state index contributed by atoms with van der Waals surface area (Å²) < 4.78 is 49.0. The summed E-state index contributed by atoms with van der Waals surface area (Å²) in [6.45, 7) is 3.33. The largest absolute Gasteiger partial charge is 0.487 e. The molecule has 2 amide bonds. The fourth-order valence-electron chi connectivity index (χ4n) is 4.38. The minimum absolute atomic E-state index is 0.00663. The number of aliphatic hydroxyl groups excluding tert-OH is 1. The number of likely N-dealkylation sites (N-methyl/N-ethyl adjacent to an activating group) is 1. The topological polar surface area (TPSA) is 99.2 Å². The highest BCUT2D eigenvalue weighted by Gasteiger charge is 2.38. The average Bonchev–Trinajstić information content (AvgIpc) is 2.91. The van der Waals surface area contributed by atoms with Crippen LogP contribution < -0.4 is 10.1 Å². The fraction of sp³-hybridized carbons (Fsp3) is 0.321. The molecule has 0 fully saturated rings. The van der Waals surface area contributed by atoms with Crippen molar-refractivity contribution >= 4 is 21.7 Å². The number of nitrogens with zero attached hydrogens (tertiary/aromatic N) is 2. The van der Waals surface area contributed by atoms with Gasteiger partial charge in [-0.2, -0.15) is 4.31 Å². The number of urea groups is 1. The van der Waals surface area contributed by atoms with Gasteiger partial charge in [-0.15, -0.1) is 0 Å². The third-order valence-corrected chi connectivity index (χ3v) is 8.71. The van der Waals surface area contributed by atoms with E-state index in [4.69, 9.17) is 4.74 Å². The Kier molecular flexibility index (Phi) is 8.35. The van der Waals surface area contributed by atoms with Crippen LogP contribution in [0.1, 0.15) is 13.8 Å². The number of fused-ring (bicyclic) bond motifs is 1. The summed E-state index contributed by atoms with van der Waals surface area (Å²) >= 11 is 0. The molecule has 202 valence electrons. The Morgan fingerprint density at radius 1 is 1.13 bits per heavy atom. The molecule has 0 unspecified atom stereocenters. The second-order valence-corrected chi connectivity index (χ2v) is 11.4. The summed E-state index contributed by atoms with van der Waals surface area (Å²) in [7, 11) is -2.42. The van der Waals surface area contributed by atoms with Crippen molar-refractivity contribution in [2.45, 2.75) is 30.9 Å². The highest BCUT2D eigenvalue weighted by Crippen LogP contribution is 2.36. The zero-order valence-electron chi connectivity index (χ0n) is 21.5. The summed E-state index contributed by atoms with van der Waals surface area (Å²) in [6.07, 6.45) is -0.597. The molecule has 3 atom stereocenters. The lowest BCUT2D eigenvalue weighted by atomic mass is 10.0. The van der Waals surface area contributed by atoms with E-state index in [0.29, 0.717) is 0 Å². The number of hydrogen-bond donors (Lipinski definition) is 2. The number of benzene rings is 3. The van der Waals surface area contributed by atoms with Crippen LogP contribution in [0.25, 0.3) is 11.1 Å². The Morgan fingerprint density at radius 3 is 2.50 bits per heavy atom. The first-order valence-electron chi connectivity index (χ1n) is 12.4. The molecule has 0 radical (unpaired) electrons. The SMILES string of the molecule is C[C@H](CO)N1C[C@H](C)[C@H](CN(C)C(=O)Nc2ccccc2F)Oc2cc(-c3ccccc3)ccc2S1(=O)=O. The lowest BCUT2D eigenvalue weighted by Crippen LogP contribution is -2.50. The third-order valence-electron chi connectivity index (χ3n) is 6.69. The van der Waals surface area contributed by atoms with Crippen LogP contribution in [0.2, 0.25) is 0 Å². The second kappa shape index (κ2) is 11.5. The molecule has 38 heavy (non-hydrogen) atoms. The zero-order chi connectivity index (χ0) is 27.4. The summed E-state index contributed by atoms with van der Waals surface area (Å²) in [5.41, 5.74) is 1.73. The number of anilines is 1. The number of halogens is 1. The van der Waals surface area contributed by atoms with Crippen molar-refractivity contribution in [2.75, 3.05) is 32.1 Å². The average molecular weight is 542 g/mol. The van der Waals surface area contributed by atoms with Crippen LogP contribution in [0.3, 0.4) is 0 Å². The standard InChI is InChI=1S/C28H32FN3O5S/c1-19-16-32(20(2)18-33)38(35,36)27-14-13-22(21-9-5-4-6-10-21)15-25(27)37-26(19)17-31(3)28(34)30-24-12-8-7-11-23(24)29/h4-15,19-20,26,33H,16-18H2,1-3H3,(H,30,34)/t19-,20+,26-/m0/s1. The molecule has 0 aliphatic carbocycles.